The van der Waals surface area contributed by atoms with Crippen LogP contribution in [0.25, 0.3) is 0 Å². The first-order valence-electron chi connectivity index (χ1n) is 6.48. The van der Waals surface area contributed by atoms with Gasteiger partial charge in [-0.2, -0.15) is 0 Å². The lowest BCUT2D eigenvalue weighted by atomic mass is 10.0. The first-order chi connectivity index (χ1) is 7.54. The van der Waals surface area contributed by atoms with Crippen molar-refractivity contribution < 1.29 is 4.74 Å². The number of methoxy groups -OCH3 is 1. The van der Waals surface area contributed by atoms with Crippen LogP contribution in [0.2, 0.25) is 0 Å². The van der Waals surface area contributed by atoms with Crippen molar-refractivity contribution in [3.8, 4) is 0 Å². The second-order valence-electron chi connectivity index (χ2n) is 5.76. The van der Waals surface area contributed by atoms with E-state index in [1.807, 2.05) is 0 Å². The van der Waals surface area contributed by atoms with E-state index in [4.69, 9.17) is 4.74 Å². The van der Waals surface area contributed by atoms with Crippen LogP contribution in [0.5, 0.6) is 0 Å². The van der Waals surface area contributed by atoms with Gasteiger partial charge in [0.1, 0.15) is 0 Å². The summed E-state index contributed by atoms with van der Waals surface area (Å²) in [5, 5.41) is 7.09. The second-order valence-corrected chi connectivity index (χ2v) is 5.76. The van der Waals surface area contributed by atoms with Crippen molar-refractivity contribution in [3.63, 3.8) is 0 Å². The van der Waals surface area contributed by atoms with Crippen LogP contribution >= 0.6 is 0 Å². The van der Waals surface area contributed by atoms with Crippen LogP contribution in [0.15, 0.2) is 0 Å². The molecule has 0 radical (unpaired) electrons. The third-order valence-corrected chi connectivity index (χ3v) is 3.52. The molecule has 0 aromatic heterocycles. The average molecular weight is 228 g/mol. The SMILES string of the molecule is CCNC(C)(C)CNCC1(CCOC)CC1. The van der Waals surface area contributed by atoms with E-state index in [1.165, 1.54) is 19.3 Å². The van der Waals surface area contributed by atoms with Gasteiger partial charge in [0.25, 0.3) is 0 Å². The lowest BCUT2D eigenvalue weighted by Gasteiger charge is -2.27. The van der Waals surface area contributed by atoms with Gasteiger partial charge in [0.15, 0.2) is 0 Å². The minimum absolute atomic E-state index is 0.200. The van der Waals surface area contributed by atoms with Gasteiger partial charge in [0.05, 0.1) is 0 Å². The summed E-state index contributed by atoms with van der Waals surface area (Å²) in [5.41, 5.74) is 0.754. The van der Waals surface area contributed by atoms with Gasteiger partial charge in [-0.25, -0.2) is 0 Å². The van der Waals surface area contributed by atoms with Gasteiger partial charge in [-0.15, -0.1) is 0 Å². The molecule has 0 atom stereocenters. The molecule has 2 N–H and O–H groups in total. The van der Waals surface area contributed by atoms with Crippen LogP contribution in [0.1, 0.15) is 40.0 Å². The third kappa shape index (κ3) is 4.81. The van der Waals surface area contributed by atoms with E-state index in [9.17, 15) is 0 Å². The standard InChI is InChI=1S/C13H28N2O/c1-5-15-12(2,3)10-14-11-13(6-7-13)8-9-16-4/h14-15H,5-11H2,1-4H3. The molecule has 1 rings (SSSR count). The van der Waals surface area contributed by atoms with Crippen molar-refractivity contribution in [2.24, 2.45) is 5.41 Å². The van der Waals surface area contributed by atoms with Crippen molar-refractivity contribution in [2.75, 3.05) is 33.4 Å². The van der Waals surface area contributed by atoms with Crippen LogP contribution in [-0.2, 0) is 4.74 Å². The normalized spacial score (nSPS) is 18.8. The molecule has 0 heterocycles. The van der Waals surface area contributed by atoms with Gasteiger partial charge in [0, 0.05) is 32.3 Å². The number of likely N-dealkylation sites (N-methyl/N-ethyl adjacent to an activating group) is 1. The van der Waals surface area contributed by atoms with Crippen molar-refractivity contribution in [3.05, 3.63) is 0 Å². The summed E-state index contributed by atoms with van der Waals surface area (Å²) in [5.74, 6) is 0. The van der Waals surface area contributed by atoms with Gasteiger partial charge >= 0.3 is 0 Å². The first-order valence-corrected chi connectivity index (χ1v) is 6.48. The minimum Gasteiger partial charge on any atom is -0.385 e. The first kappa shape index (κ1) is 13.9. The zero-order valence-corrected chi connectivity index (χ0v) is 11.4. The number of hydrogen-bond donors (Lipinski definition) is 2. The molecule has 3 heteroatoms. The van der Waals surface area contributed by atoms with E-state index in [0.717, 1.165) is 26.2 Å². The van der Waals surface area contributed by atoms with E-state index in [-0.39, 0.29) is 5.54 Å². The van der Waals surface area contributed by atoms with Crippen LogP contribution < -0.4 is 10.6 Å². The maximum absolute atomic E-state index is 5.16. The molecule has 0 aromatic carbocycles. The zero-order chi connectivity index (χ0) is 12.1. The third-order valence-electron chi connectivity index (χ3n) is 3.52. The predicted molar refractivity (Wildman–Crippen MR) is 68.8 cm³/mol. The van der Waals surface area contributed by atoms with Gasteiger partial charge in [-0.3, -0.25) is 0 Å². The Bertz CT molecular complexity index is 200. The molecule has 0 aliphatic heterocycles. The fraction of sp³-hybridized carbons (Fsp3) is 1.00. The lowest BCUT2D eigenvalue weighted by Crippen LogP contribution is -2.48. The van der Waals surface area contributed by atoms with Crippen molar-refractivity contribution in [2.45, 2.75) is 45.6 Å². The molecule has 1 fully saturated rings. The quantitative estimate of drug-likeness (QED) is 0.631. The summed E-state index contributed by atoms with van der Waals surface area (Å²) in [7, 11) is 1.79. The largest absolute Gasteiger partial charge is 0.385 e. The summed E-state index contributed by atoms with van der Waals surface area (Å²) in [4.78, 5) is 0. The van der Waals surface area contributed by atoms with Crippen molar-refractivity contribution >= 4 is 0 Å². The van der Waals surface area contributed by atoms with Crippen LogP contribution in [-0.4, -0.2) is 38.9 Å². The molecule has 3 nitrogen and oxygen atoms in total. The highest BCUT2D eigenvalue weighted by Crippen LogP contribution is 2.48. The summed E-state index contributed by atoms with van der Waals surface area (Å²) in [6.07, 6.45) is 3.94. The molecule has 0 unspecified atom stereocenters. The van der Waals surface area contributed by atoms with Gasteiger partial charge in [-0.1, -0.05) is 6.92 Å². The van der Waals surface area contributed by atoms with Crippen LogP contribution in [0.3, 0.4) is 0 Å². The van der Waals surface area contributed by atoms with E-state index in [1.54, 1.807) is 7.11 Å². The Hall–Kier alpha value is -0.120. The van der Waals surface area contributed by atoms with Gasteiger partial charge < -0.3 is 15.4 Å². The monoisotopic (exact) mass is 228 g/mol. The fourth-order valence-electron chi connectivity index (χ4n) is 2.19. The number of hydrogen-bond acceptors (Lipinski definition) is 3. The molecule has 1 aliphatic carbocycles. The highest BCUT2D eigenvalue weighted by atomic mass is 16.5. The summed E-state index contributed by atoms with van der Waals surface area (Å²) in [6, 6.07) is 0. The molecule has 1 aliphatic rings. The summed E-state index contributed by atoms with van der Waals surface area (Å²) < 4.78 is 5.16. The molecule has 0 bridgehead atoms. The molecular formula is C13H28N2O. The summed E-state index contributed by atoms with van der Waals surface area (Å²) in [6.45, 7) is 10.8. The Labute approximate surface area is 100 Å². The molecule has 96 valence electrons. The molecular weight excluding hydrogens is 200 g/mol. The van der Waals surface area contributed by atoms with Gasteiger partial charge in [0.2, 0.25) is 0 Å². The molecule has 0 amide bonds. The highest BCUT2D eigenvalue weighted by molar-refractivity contribution is 4.95. The summed E-state index contributed by atoms with van der Waals surface area (Å²) >= 11 is 0. The Balaban J connectivity index is 2.15. The smallest absolute Gasteiger partial charge is 0.0468 e. The number of ether oxygens (including phenoxy) is 1. The van der Waals surface area contributed by atoms with E-state index in [0.29, 0.717) is 5.41 Å². The fourth-order valence-corrected chi connectivity index (χ4v) is 2.19. The van der Waals surface area contributed by atoms with Crippen LogP contribution in [0.4, 0.5) is 0 Å². The number of nitrogens with one attached hydrogen (secondary N) is 2. The van der Waals surface area contributed by atoms with Crippen molar-refractivity contribution in [1.82, 2.24) is 10.6 Å². The molecule has 0 aromatic rings. The minimum atomic E-state index is 0.200. The maximum atomic E-state index is 5.16. The lowest BCUT2D eigenvalue weighted by molar-refractivity contribution is 0.170. The number of rotatable bonds is 9. The Morgan fingerprint density at radius 3 is 2.50 bits per heavy atom. The highest BCUT2D eigenvalue weighted by Gasteiger charge is 2.41. The zero-order valence-electron chi connectivity index (χ0n) is 11.4. The van der Waals surface area contributed by atoms with Crippen molar-refractivity contribution in [1.29, 1.82) is 0 Å². The van der Waals surface area contributed by atoms with E-state index < -0.39 is 0 Å². The van der Waals surface area contributed by atoms with E-state index in [2.05, 4.69) is 31.4 Å². The molecule has 16 heavy (non-hydrogen) atoms. The predicted octanol–water partition coefficient (Wildman–Crippen LogP) is 1.78. The molecule has 0 saturated heterocycles. The molecule has 0 spiro atoms. The average Bonchev–Trinajstić information content (AvgIpc) is 2.95. The topological polar surface area (TPSA) is 33.3 Å². The molecule has 1 saturated carbocycles. The Morgan fingerprint density at radius 2 is 2.00 bits per heavy atom. The van der Waals surface area contributed by atoms with E-state index >= 15 is 0 Å². The Morgan fingerprint density at radius 1 is 1.31 bits per heavy atom. The maximum Gasteiger partial charge on any atom is 0.0468 e. The van der Waals surface area contributed by atoms with Gasteiger partial charge in [-0.05, 0) is 45.1 Å². The van der Waals surface area contributed by atoms with Crippen LogP contribution in [0, 0.1) is 5.41 Å². The Kier molecular flexibility index (Phi) is 5.22. The second kappa shape index (κ2) is 5.99.